The van der Waals surface area contributed by atoms with E-state index in [1.165, 1.54) is 55.2 Å². The molecule has 1 aliphatic carbocycles. The van der Waals surface area contributed by atoms with Crippen molar-refractivity contribution in [1.29, 1.82) is 0 Å². The number of rotatable bonds is 6. The molecular weight excluding hydrogens is 729 g/mol. The van der Waals surface area contributed by atoms with Crippen LogP contribution in [0.1, 0.15) is 25.0 Å². The molecule has 9 aromatic carbocycles. The summed E-state index contributed by atoms with van der Waals surface area (Å²) in [5, 5.41) is 4.68. The molecule has 0 bridgehead atoms. The molecule has 284 valence electrons. The Labute approximate surface area is 349 Å². The lowest BCUT2D eigenvalue weighted by Gasteiger charge is -2.28. The van der Waals surface area contributed by atoms with Gasteiger partial charge in [-0.3, -0.25) is 0 Å². The third kappa shape index (κ3) is 5.15. The normalized spacial score (nSPS) is 13.0. The number of hydrogen-bond acceptors (Lipinski definition) is 2. The fourth-order valence-corrected chi connectivity index (χ4v) is 9.94. The largest absolute Gasteiger partial charge is 0.455 e. The van der Waals surface area contributed by atoms with Crippen molar-refractivity contribution in [2.75, 3.05) is 4.90 Å². The summed E-state index contributed by atoms with van der Waals surface area (Å²) < 4.78 is 9.28. The topological polar surface area (TPSA) is 21.3 Å². The maximum Gasteiger partial charge on any atom is 0.145 e. The molecular formula is C57H40N2O. The van der Waals surface area contributed by atoms with E-state index >= 15 is 0 Å². The van der Waals surface area contributed by atoms with Crippen LogP contribution < -0.4 is 4.90 Å². The highest BCUT2D eigenvalue weighted by Gasteiger charge is 2.35. The summed E-state index contributed by atoms with van der Waals surface area (Å²) in [6.07, 6.45) is 0. The van der Waals surface area contributed by atoms with Crippen LogP contribution in [0.3, 0.4) is 0 Å². The van der Waals surface area contributed by atoms with Crippen molar-refractivity contribution in [1.82, 2.24) is 4.57 Å². The summed E-state index contributed by atoms with van der Waals surface area (Å²) in [5.41, 5.74) is 18.3. The molecule has 0 unspecified atom stereocenters. The molecule has 0 fully saturated rings. The molecule has 0 amide bonds. The summed E-state index contributed by atoms with van der Waals surface area (Å²) >= 11 is 0. The summed E-state index contributed by atoms with van der Waals surface area (Å²) in [5.74, 6) is 0. The van der Waals surface area contributed by atoms with E-state index in [9.17, 15) is 0 Å². The van der Waals surface area contributed by atoms with Crippen LogP contribution in [-0.2, 0) is 5.41 Å². The highest BCUT2D eigenvalue weighted by atomic mass is 16.3. The Balaban J connectivity index is 1.04. The molecule has 3 nitrogen and oxygen atoms in total. The first-order chi connectivity index (χ1) is 29.5. The van der Waals surface area contributed by atoms with E-state index in [-0.39, 0.29) is 5.41 Å². The van der Waals surface area contributed by atoms with Gasteiger partial charge in [0.25, 0.3) is 0 Å². The molecule has 0 atom stereocenters. The Kier molecular flexibility index (Phi) is 7.58. The Morgan fingerprint density at radius 2 is 1.07 bits per heavy atom. The number of anilines is 3. The van der Waals surface area contributed by atoms with Crippen LogP contribution in [0.5, 0.6) is 0 Å². The minimum atomic E-state index is -0.0590. The van der Waals surface area contributed by atoms with Crippen molar-refractivity contribution in [3.8, 4) is 39.1 Å². The average Bonchev–Trinajstić information content (AvgIpc) is 3.92. The number of para-hydroxylation sites is 4. The number of nitrogens with zero attached hydrogens (tertiary/aromatic N) is 2. The third-order valence-corrected chi connectivity index (χ3v) is 12.8. The molecule has 0 N–H and O–H groups in total. The zero-order valence-electron chi connectivity index (χ0n) is 33.4. The summed E-state index contributed by atoms with van der Waals surface area (Å²) in [6, 6.07) is 74.8. The Hall–Kier alpha value is -7.62. The number of hydrogen-bond donors (Lipinski definition) is 0. The van der Waals surface area contributed by atoms with Gasteiger partial charge in [-0.1, -0.05) is 147 Å². The van der Waals surface area contributed by atoms with Crippen LogP contribution in [0.25, 0.3) is 82.8 Å². The molecule has 1 aliphatic rings. The van der Waals surface area contributed by atoms with E-state index in [4.69, 9.17) is 4.42 Å². The predicted octanol–water partition coefficient (Wildman–Crippen LogP) is 15.8. The van der Waals surface area contributed by atoms with Crippen LogP contribution in [-0.4, -0.2) is 4.57 Å². The van der Waals surface area contributed by atoms with Gasteiger partial charge in [0, 0.05) is 49.6 Å². The van der Waals surface area contributed by atoms with Gasteiger partial charge in [0.15, 0.2) is 0 Å². The zero-order valence-corrected chi connectivity index (χ0v) is 33.4. The number of benzene rings is 9. The van der Waals surface area contributed by atoms with Gasteiger partial charge in [0.2, 0.25) is 0 Å². The monoisotopic (exact) mass is 768 g/mol. The lowest BCUT2D eigenvalue weighted by atomic mass is 9.81. The molecule has 60 heavy (non-hydrogen) atoms. The molecule has 0 saturated carbocycles. The van der Waals surface area contributed by atoms with Crippen molar-refractivity contribution in [3.05, 3.63) is 217 Å². The third-order valence-electron chi connectivity index (χ3n) is 12.8. The van der Waals surface area contributed by atoms with Gasteiger partial charge >= 0.3 is 0 Å². The van der Waals surface area contributed by atoms with Gasteiger partial charge in [0.05, 0.1) is 16.7 Å². The highest BCUT2D eigenvalue weighted by Crippen LogP contribution is 2.50. The predicted molar refractivity (Wildman–Crippen MR) is 251 cm³/mol. The van der Waals surface area contributed by atoms with E-state index in [2.05, 4.69) is 224 Å². The SMILES string of the molecule is CC1(C)c2ccccc2-c2ccc(-c3ccc(N(c4ccccc4)c4ccc5c(oc6ccccc65)c4-c4cccc(-n5c6ccccc6c6ccccc65)c4)cc3)cc21. The number of furan rings is 1. The molecule has 0 aliphatic heterocycles. The molecule has 0 spiro atoms. The van der Waals surface area contributed by atoms with Crippen LogP contribution in [0.4, 0.5) is 17.1 Å². The second kappa shape index (κ2) is 13.2. The van der Waals surface area contributed by atoms with Gasteiger partial charge in [-0.25, -0.2) is 0 Å². The molecule has 11 aromatic rings. The second-order valence-corrected chi connectivity index (χ2v) is 16.5. The lowest BCUT2D eigenvalue weighted by molar-refractivity contribution is 0.660. The summed E-state index contributed by atoms with van der Waals surface area (Å²) in [6.45, 7) is 4.69. The first-order valence-corrected chi connectivity index (χ1v) is 20.8. The Morgan fingerprint density at radius 1 is 0.433 bits per heavy atom. The van der Waals surface area contributed by atoms with Gasteiger partial charge < -0.3 is 13.9 Å². The number of aromatic nitrogens is 1. The summed E-state index contributed by atoms with van der Waals surface area (Å²) in [4.78, 5) is 2.38. The van der Waals surface area contributed by atoms with E-state index in [0.29, 0.717) is 0 Å². The quantitative estimate of drug-likeness (QED) is 0.168. The van der Waals surface area contributed by atoms with Crippen molar-refractivity contribution >= 4 is 60.8 Å². The zero-order chi connectivity index (χ0) is 40.0. The fourth-order valence-electron chi connectivity index (χ4n) is 9.94. The van der Waals surface area contributed by atoms with Gasteiger partial charge in [0.1, 0.15) is 11.2 Å². The minimum Gasteiger partial charge on any atom is -0.455 e. The fraction of sp³-hybridized carbons (Fsp3) is 0.0526. The van der Waals surface area contributed by atoms with Crippen LogP contribution in [0.2, 0.25) is 0 Å². The highest BCUT2D eigenvalue weighted by molar-refractivity contribution is 6.14. The molecule has 12 rings (SSSR count). The van der Waals surface area contributed by atoms with E-state index in [0.717, 1.165) is 55.8 Å². The van der Waals surface area contributed by atoms with Gasteiger partial charge in [-0.2, -0.15) is 0 Å². The average molecular weight is 769 g/mol. The first-order valence-electron chi connectivity index (χ1n) is 20.8. The van der Waals surface area contributed by atoms with E-state index in [1.807, 2.05) is 6.07 Å². The van der Waals surface area contributed by atoms with Crippen molar-refractivity contribution in [2.24, 2.45) is 0 Å². The molecule has 2 aromatic heterocycles. The Morgan fingerprint density at radius 3 is 1.85 bits per heavy atom. The second-order valence-electron chi connectivity index (χ2n) is 16.5. The van der Waals surface area contributed by atoms with Gasteiger partial charge in [-0.05, 0) is 112 Å². The first kappa shape index (κ1) is 34.4. The minimum absolute atomic E-state index is 0.0590. The number of fused-ring (bicyclic) bond motifs is 9. The van der Waals surface area contributed by atoms with Gasteiger partial charge in [-0.15, -0.1) is 0 Å². The smallest absolute Gasteiger partial charge is 0.145 e. The summed E-state index contributed by atoms with van der Waals surface area (Å²) in [7, 11) is 0. The molecule has 0 saturated heterocycles. The molecule has 3 heteroatoms. The maximum atomic E-state index is 6.89. The van der Waals surface area contributed by atoms with E-state index in [1.54, 1.807) is 0 Å². The van der Waals surface area contributed by atoms with Crippen LogP contribution >= 0.6 is 0 Å². The molecule has 2 heterocycles. The van der Waals surface area contributed by atoms with Crippen molar-refractivity contribution in [2.45, 2.75) is 19.3 Å². The van der Waals surface area contributed by atoms with Crippen molar-refractivity contribution < 1.29 is 4.42 Å². The lowest BCUT2D eigenvalue weighted by Crippen LogP contribution is -2.14. The standard InChI is InChI=1S/C57H40N2O/c1-57(2)49-23-10-6-19-43(49)44-32-29-38(36-50(44)57)37-27-30-41(31-28-37)58(40-16-4-3-5-17-40)53-34-33-48-47-22-9-13-26-54(47)60-56(48)55(53)39-15-14-18-42(35-39)59-51-24-11-7-20-45(51)46-21-8-12-25-52(46)59/h3-36H,1-2H3. The van der Waals surface area contributed by atoms with E-state index < -0.39 is 0 Å². The maximum absolute atomic E-state index is 6.89. The van der Waals surface area contributed by atoms with Crippen LogP contribution in [0.15, 0.2) is 211 Å². The van der Waals surface area contributed by atoms with Crippen LogP contribution in [0, 0.1) is 0 Å². The van der Waals surface area contributed by atoms with Crippen molar-refractivity contribution in [3.63, 3.8) is 0 Å². The molecule has 0 radical (unpaired) electrons. The Bertz CT molecular complexity index is 3410.